The lowest BCUT2D eigenvalue weighted by molar-refractivity contribution is 0.355. The van der Waals surface area contributed by atoms with Crippen molar-refractivity contribution in [1.29, 1.82) is 0 Å². The van der Waals surface area contributed by atoms with Crippen LogP contribution in [0.2, 0.25) is 0 Å². The highest BCUT2D eigenvalue weighted by Crippen LogP contribution is 2.34. The minimum atomic E-state index is 0.470. The summed E-state index contributed by atoms with van der Waals surface area (Å²) < 4.78 is 12.7. The SMILES string of the molecule is COc1ccc(-c2cnn3c(C4CCCNC4)ccnc23)cc1OC. The zero-order valence-corrected chi connectivity index (χ0v) is 14.5. The lowest BCUT2D eigenvalue weighted by Gasteiger charge is -2.23. The highest BCUT2D eigenvalue weighted by molar-refractivity contribution is 5.78. The zero-order chi connectivity index (χ0) is 17.2. The van der Waals surface area contributed by atoms with Gasteiger partial charge in [0.2, 0.25) is 0 Å². The van der Waals surface area contributed by atoms with Crippen molar-refractivity contribution in [2.45, 2.75) is 18.8 Å². The van der Waals surface area contributed by atoms with Gasteiger partial charge in [0.05, 0.1) is 26.1 Å². The monoisotopic (exact) mass is 338 g/mol. The normalized spacial score (nSPS) is 17.6. The Labute approximate surface area is 146 Å². The maximum atomic E-state index is 5.43. The van der Waals surface area contributed by atoms with Gasteiger partial charge in [-0.3, -0.25) is 0 Å². The number of aromatic nitrogens is 3. The first-order valence-electron chi connectivity index (χ1n) is 8.57. The summed E-state index contributed by atoms with van der Waals surface area (Å²) in [5, 5.41) is 8.09. The van der Waals surface area contributed by atoms with E-state index >= 15 is 0 Å². The summed E-state index contributed by atoms with van der Waals surface area (Å²) in [5.74, 6) is 1.88. The molecule has 4 rings (SSSR count). The molecule has 0 amide bonds. The molecule has 1 N–H and O–H groups in total. The van der Waals surface area contributed by atoms with E-state index in [-0.39, 0.29) is 0 Å². The third kappa shape index (κ3) is 2.82. The van der Waals surface area contributed by atoms with Crippen LogP contribution in [0.5, 0.6) is 11.5 Å². The molecule has 1 unspecified atom stereocenters. The van der Waals surface area contributed by atoms with Crippen molar-refractivity contribution in [1.82, 2.24) is 19.9 Å². The van der Waals surface area contributed by atoms with E-state index in [9.17, 15) is 0 Å². The van der Waals surface area contributed by atoms with Gasteiger partial charge >= 0.3 is 0 Å². The average molecular weight is 338 g/mol. The van der Waals surface area contributed by atoms with Gasteiger partial charge in [-0.25, -0.2) is 9.50 Å². The van der Waals surface area contributed by atoms with Crippen LogP contribution in [0.15, 0.2) is 36.7 Å². The summed E-state index contributed by atoms with van der Waals surface area (Å²) in [5.41, 5.74) is 4.09. The van der Waals surface area contributed by atoms with Crippen LogP contribution in [-0.2, 0) is 0 Å². The van der Waals surface area contributed by atoms with Crippen molar-refractivity contribution >= 4 is 5.65 Å². The van der Waals surface area contributed by atoms with Crippen LogP contribution < -0.4 is 14.8 Å². The minimum Gasteiger partial charge on any atom is -0.493 e. The molecule has 0 saturated carbocycles. The van der Waals surface area contributed by atoms with Gasteiger partial charge in [-0.2, -0.15) is 5.10 Å². The number of nitrogens with one attached hydrogen (secondary N) is 1. The van der Waals surface area contributed by atoms with Gasteiger partial charge in [0.15, 0.2) is 17.1 Å². The number of hydrogen-bond donors (Lipinski definition) is 1. The quantitative estimate of drug-likeness (QED) is 0.793. The predicted molar refractivity (Wildman–Crippen MR) is 96.4 cm³/mol. The molecule has 1 fully saturated rings. The Morgan fingerprint density at radius 2 is 2.04 bits per heavy atom. The van der Waals surface area contributed by atoms with E-state index < -0.39 is 0 Å². The summed E-state index contributed by atoms with van der Waals surface area (Å²) in [7, 11) is 3.28. The number of nitrogens with zero attached hydrogens (tertiary/aromatic N) is 3. The number of methoxy groups -OCH3 is 2. The largest absolute Gasteiger partial charge is 0.493 e. The Morgan fingerprint density at radius 1 is 1.16 bits per heavy atom. The molecule has 1 atom stereocenters. The van der Waals surface area contributed by atoms with Crippen molar-refractivity contribution in [3.63, 3.8) is 0 Å². The number of fused-ring (bicyclic) bond motifs is 1. The van der Waals surface area contributed by atoms with E-state index in [0.29, 0.717) is 17.4 Å². The molecule has 6 heteroatoms. The molecule has 2 aromatic heterocycles. The van der Waals surface area contributed by atoms with Crippen LogP contribution in [0.3, 0.4) is 0 Å². The van der Waals surface area contributed by atoms with Crippen LogP contribution >= 0.6 is 0 Å². The van der Waals surface area contributed by atoms with Gasteiger partial charge < -0.3 is 14.8 Å². The molecule has 3 heterocycles. The Kier molecular flexibility index (Phi) is 4.28. The number of ether oxygens (including phenoxy) is 2. The fourth-order valence-electron chi connectivity index (χ4n) is 3.53. The molecule has 0 radical (unpaired) electrons. The van der Waals surface area contributed by atoms with E-state index in [0.717, 1.165) is 29.9 Å². The smallest absolute Gasteiger partial charge is 0.163 e. The molecular weight excluding hydrogens is 316 g/mol. The van der Waals surface area contributed by atoms with Crippen molar-refractivity contribution in [2.24, 2.45) is 0 Å². The van der Waals surface area contributed by atoms with Gasteiger partial charge in [-0.15, -0.1) is 0 Å². The maximum Gasteiger partial charge on any atom is 0.163 e. The molecule has 1 aliphatic rings. The molecule has 25 heavy (non-hydrogen) atoms. The number of hydrogen-bond acceptors (Lipinski definition) is 5. The maximum absolute atomic E-state index is 5.43. The Hall–Kier alpha value is -2.60. The Balaban J connectivity index is 1.79. The zero-order valence-electron chi connectivity index (χ0n) is 14.5. The number of piperidine rings is 1. The van der Waals surface area contributed by atoms with Crippen molar-refractivity contribution in [3.8, 4) is 22.6 Å². The van der Waals surface area contributed by atoms with Gasteiger partial charge in [-0.05, 0) is 43.1 Å². The minimum absolute atomic E-state index is 0.470. The van der Waals surface area contributed by atoms with Crippen LogP contribution in [-0.4, -0.2) is 41.9 Å². The van der Waals surface area contributed by atoms with Crippen LogP contribution in [0.4, 0.5) is 0 Å². The molecule has 3 aromatic rings. The van der Waals surface area contributed by atoms with E-state index in [4.69, 9.17) is 9.47 Å². The van der Waals surface area contributed by atoms with E-state index in [1.54, 1.807) is 14.2 Å². The summed E-state index contributed by atoms with van der Waals surface area (Å²) >= 11 is 0. The van der Waals surface area contributed by atoms with Gasteiger partial charge in [0, 0.05) is 24.2 Å². The average Bonchev–Trinajstić information content (AvgIpc) is 3.12. The highest BCUT2D eigenvalue weighted by atomic mass is 16.5. The van der Waals surface area contributed by atoms with Crippen molar-refractivity contribution < 1.29 is 9.47 Å². The standard InChI is InChI=1S/C19H22N4O2/c1-24-17-6-5-13(10-18(17)25-2)15-12-22-23-16(7-9-21-19(15)23)14-4-3-8-20-11-14/h5-7,9-10,12,14,20H,3-4,8,11H2,1-2H3. The van der Waals surface area contributed by atoms with Gasteiger partial charge in [-0.1, -0.05) is 6.07 Å². The number of rotatable bonds is 4. The molecule has 0 bridgehead atoms. The molecule has 0 aliphatic carbocycles. The van der Waals surface area contributed by atoms with E-state index in [2.05, 4.69) is 21.5 Å². The highest BCUT2D eigenvalue weighted by Gasteiger charge is 2.20. The second-order valence-electron chi connectivity index (χ2n) is 6.28. The first-order chi connectivity index (χ1) is 12.3. The van der Waals surface area contributed by atoms with Crippen LogP contribution in [0.1, 0.15) is 24.5 Å². The van der Waals surface area contributed by atoms with Crippen LogP contribution in [0, 0.1) is 0 Å². The molecule has 0 spiro atoms. The summed E-state index contributed by atoms with van der Waals surface area (Å²) in [6.07, 6.45) is 6.13. The van der Waals surface area contributed by atoms with Gasteiger partial charge in [0.1, 0.15) is 0 Å². The van der Waals surface area contributed by atoms with Crippen LogP contribution in [0.25, 0.3) is 16.8 Å². The topological polar surface area (TPSA) is 60.7 Å². The first-order valence-corrected chi connectivity index (χ1v) is 8.57. The predicted octanol–water partition coefficient (Wildman–Crippen LogP) is 2.88. The lowest BCUT2D eigenvalue weighted by Crippen LogP contribution is -2.29. The van der Waals surface area contributed by atoms with Crippen molar-refractivity contribution in [3.05, 3.63) is 42.4 Å². The Bertz CT molecular complexity index is 884. The molecule has 130 valence electrons. The van der Waals surface area contributed by atoms with Crippen molar-refractivity contribution in [2.75, 3.05) is 27.3 Å². The molecule has 1 aliphatic heterocycles. The number of benzene rings is 1. The summed E-state index contributed by atoms with van der Waals surface area (Å²) in [4.78, 5) is 4.58. The molecule has 6 nitrogen and oxygen atoms in total. The molecule has 1 aromatic carbocycles. The second-order valence-corrected chi connectivity index (χ2v) is 6.28. The fraction of sp³-hybridized carbons (Fsp3) is 0.368. The second kappa shape index (κ2) is 6.72. The third-order valence-electron chi connectivity index (χ3n) is 4.84. The van der Waals surface area contributed by atoms with Gasteiger partial charge in [0.25, 0.3) is 0 Å². The Morgan fingerprint density at radius 3 is 2.80 bits per heavy atom. The summed E-state index contributed by atoms with van der Waals surface area (Å²) in [6.45, 7) is 2.09. The molecule has 1 saturated heterocycles. The third-order valence-corrected chi connectivity index (χ3v) is 4.84. The van der Waals surface area contributed by atoms with E-state index in [1.165, 1.54) is 18.5 Å². The first kappa shape index (κ1) is 15.9. The summed E-state index contributed by atoms with van der Waals surface area (Å²) in [6, 6.07) is 7.96. The van der Waals surface area contributed by atoms with E-state index in [1.807, 2.05) is 35.1 Å². The fourth-order valence-corrected chi connectivity index (χ4v) is 3.53. The molecular formula is C19H22N4O2. The lowest BCUT2D eigenvalue weighted by atomic mass is 9.96.